The van der Waals surface area contributed by atoms with Gasteiger partial charge in [-0.2, -0.15) is 0 Å². The lowest BCUT2D eigenvalue weighted by Crippen LogP contribution is -2.48. The number of hydrogen-bond donors (Lipinski definition) is 1. The molecule has 0 aliphatic rings. The molecule has 0 bridgehead atoms. The molecule has 0 aromatic heterocycles. The van der Waals surface area contributed by atoms with Crippen molar-refractivity contribution in [1.82, 2.24) is 10.2 Å². The molecule has 0 fully saturated rings. The molecule has 0 aromatic rings. The molecule has 0 saturated heterocycles. The molecule has 0 aliphatic heterocycles. The van der Waals surface area contributed by atoms with Crippen LogP contribution in [0.15, 0.2) is 12.7 Å². The number of nitrogens with one attached hydrogen (secondary N) is 1. The minimum absolute atomic E-state index is 0.136. The Morgan fingerprint density at radius 2 is 2.14 bits per heavy atom. The van der Waals surface area contributed by atoms with Gasteiger partial charge in [-0.3, -0.25) is 4.90 Å². The highest BCUT2D eigenvalue weighted by Gasteiger charge is 2.18. The maximum atomic E-state index is 5.07. The summed E-state index contributed by atoms with van der Waals surface area (Å²) in [6, 6.07) is 0. The Morgan fingerprint density at radius 3 is 2.57 bits per heavy atom. The molecule has 3 heteroatoms. The molecule has 3 nitrogen and oxygen atoms in total. The third kappa shape index (κ3) is 6.13. The topological polar surface area (TPSA) is 24.5 Å². The van der Waals surface area contributed by atoms with Gasteiger partial charge >= 0.3 is 0 Å². The first-order chi connectivity index (χ1) is 6.55. The molecule has 0 heterocycles. The lowest BCUT2D eigenvalue weighted by atomic mass is 10.1. The fourth-order valence-electron chi connectivity index (χ4n) is 1.28. The van der Waals surface area contributed by atoms with Gasteiger partial charge in [-0.1, -0.05) is 6.08 Å². The molecule has 84 valence electrons. The summed E-state index contributed by atoms with van der Waals surface area (Å²) < 4.78 is 5.07. The summed E-state index contributed by atoms with van der Waals surface area (Å²) in [5, 5.41) is 3.29. The van der Waals surface area contributed by atoms with Gasteiger partial charge < -0.3 is 10.1 Å². The summed E-state index contributed by atoms with van der Waals surface area (Å²) in [6.07, 6.45) is 1.93. The Kier molecular flexibility index (Phi) is 6.79. The van der Waals surface area contributed by atoms with Crippen molar-refractivity contribution in [2.45, 2.75) is 19.4 Å². The van der Waals surface area contributed by atoms with Crippen LogP contribution in [0.5, 0.6) is 0 Å². The van der Waals surface area contributed by atoms with E-state index in [4.69, 9.17) is 4.74 Å². The van der Waals surface area contributed by atoms with Crippen LogP contribution in [0.25, 0.3) is 0 Å². The number of nitrogens with zero attached hydrogens (tertiary/aromatic N) is 1. The number of hydrogen-bond acceptors (Lipinski definition) is 3. The van der Waals surface area contributed by atoms with Crippen molar-refractivity contribution in [3.8, 4) is 0 Å². The van der Waals surface area contributed by atoms with Crippen LogP contribution in [-0.4, -0.2) is 50.8 Å². The van der Waals surface area contributed by atoms with Crippen LogP contribution in [0.1, 0.15) is 13.8 Å². The molecular weight excluding hydrogens is 176 g/mol. The molecule has 0 aliphatic carbocycles. The molecule has 0 rings (SSSR count). The third-order valence-electron chi connectivity index (χ3n) is 2.29. The van der Waals surface area contributed by atoms with Gasteiger partial charge in [0.25, 0.3) is 0 Å². The van der Waals surface area contributed by atoms with Crippen LogP contribution in [0, 0.1) is 0 Å². The fourth-order valence-corrected chi connectivity index (χ4v) is 1.28. The van der Waals surface area contributed by atoms with Gasteiger partial charge in [0.15, 0.2) is 0 Å². The molecule has 0 aromatic carbocycles. The Labute approximate surface area is 88.1 Å². The number of rotatable bonds is 8. The molecule has 0 unspecified atom stereocenters. The second-order valence-electron chi connectivity index (χ2n) is 4.15. The van der Waals surface area contributed by atoms with E-state index in [1.165, 1.54) is 0 Å². The first-order valence-corrected chi connectivity index (χ1v) is 5.07. The molecule has 14 heavy (non-hydrogen) atoms. The molecule has 0 saturated carbocycles. The van der Waals surface area contributed by atoms with E-state index in [0.29, 0.717) is 0 Å². The van der Waals surface area contributed by atoms with Crippen molar-refractivity contribution >= 4 is 0 Å². The zero-order valence-electron chi connectivity index (χ0n) is 9.97. The lowest BCUT2D eigenvalue weighted by Gasteiger charge is -2.31. The highest BCUT2D eigenvalue weighted by Crippen LogP contribution is 2.04. The van der Waals surface area contributed by atoms with E-state index in [1.54, 1.807) is 7.11 Å². The van der Waals surface area contributed by atoms with E-state index in [1.807, 2.05) is 13.1 Å². The Hall–Kier alpha value is -0.380. The summed E-state index contributed by atoms with van der Waals surface area (Å²) in [6.45, 7) is 11.8. The predicted octanol–water partition coefficient (Wildman–Crippen LogP) is 1.12. The average molecular weight is 200 g/mol. The maximum absolute atomic E-state index is 5.07. The van der Waals surface area contributed by atoms with Crippen LogP contribution < -0.4 is 5.32 Å². The van der Waals surface area contributed by atoms with Gasteiger partial charge in [-0.25, -0.2) is 0 Å². The Morgan fingerprint density at radius 1 is 1.50 bits per heavy atom. The van der Waals surface area contributed by atoms with Gasteiger partial charge in [-0.15, -0.1) is 6.58 Å². The summed E-state index contributed by atoms with van der Waals surface area (Å²) in [7, 11) is 3.72. The van der Waals surface area contributed by atoms with Crippen molar-refractivity contribution in [1.29, 1.82) is 0 Å². The normalized spacial score (nSPS) is 12.1. The van der Waals surface area contributed by atoms with Gasteiger partial charge in [0.1, 0.15) is 0 Å². The minimum Gasteiger partial charge on any atom is -0.383 e. The standard InChI is InChI=1S/C11H24N2O/c1-6-7-13(8-9-14-5)10-11(2,3)12-4/h6,12H,1,7-10H2,2-5H3. The minimum atomic E-state index is 0.136. The Bertz CT molecular complexity index is 157. The second-order valence-corrected chi connectivity index (χ2v) is 4.15. The molecule has 1 N–H and O–H groups in total. The molecule has 0 radical (unpaired) electrons. The lowest BCUT2D eigenvalue weighted by molar-refractivity contribution is 0.138. The first kappa shape index (κ1) is 13.6. The summed E-state index contributed by atoms with van der Waals surface area (Å²) in [5.41, 5.74) is 0.136. The highest BCUT2D eigenvalue weighted by atomic mass is 16.5. The van der Waals surface area contributed by atoms with Gasteiger partial charge in [-0.05, 0) is 20.9 Å². The monoisotopic (exact) mass is 200 g/mol. The molecule has 0 atom stereocenters. The van der Waals surface area contributed by atoms with Crippen molar-refractivity contribution in [3.05, 3.63) is 12.7 Å². The van der Waals surface area contributed by atoms with Crippen molar-refractivity contribution in [2.24, 2.45) is 0 Å². The van der Waals surface area contributed by atoms with Crippen LogP contribution in [-0.2, 0) is 4.74 Å². The molecule has 0 spiro atoms. The predicted molar refractivity (Wildman–Crippen MR) is 61.7 cm³/mol. The SMILES string of the molecule is C=CCN(CCOC)CC(C)(C)NC. The van der Waals surface area contributed by atoms with Gasteiger partial charge in [0, 0.05) is 32.3 Å². The highest BCUT2D eigenvalue weighted by molar-refractivity contribution is 4.83. The van der Waals surface area contributed by atoms with E-state index in [2.05, 4.69) is 30.6 Å². The van der Waals surface area contributed by atoms with Crippen LogP contribution in [0.3, 0.4) is 0 Å². The van der Waals surface area contributed by atoms with Crippen LogP contribution in [0.4, 0.5) is 0 Å². The molecule has 0 amide bonds. The van der Waals surface area contributed by atoms with E-state index >= 15 is 0 Å². The number of likely N-dealkylation sites (N-methyl/N-ethyl adjacent to an activating group) is 1. The summed E-state index contributed by atoms with van der Waals surface area (Å²) in [5.74, 6) is 0. The number of ether oxygens (including phenoxy) is 1. The largest absolute Gasteiger partial charge is 0.383 e. The molecular formula is C11H24N2O. The smallest absolute Gasteiger partial charge is 0.0589 e. The number of methoxy groups -OCH3 is 1. The van der Waals surface area contributed by atoms with Gasteiger partial charge in [0.2, 0.25) is 0 Å². The summed E-state index contributed by atoms with van der Waals surface area (Å²) in [4.78, 5) is 2.33. The van der Waals surface area contributed by atoms with Crippen LogP contribution >= 0.6 is 0 Å². The summed E-state index contributed by atoms with van der Waals surface area (Å²) >= 11 is 0. The average Bonchev–Trinajstić information content (AvgIpc) is 2.14. The zero-order chi connectivity index (χ0) is 11.0. The van der Waals surface area contributed by atoms with Crippen molar-refractivity contribution < 1.29 is 4.74 Å². The first-order valence-electron chi connectivity index (χ1n) is 5.07. The zero-order valence-corrected chi connectivity index (χ0v) is 9.97. The van der Waals surface area contributed by atoms with Crippen molar-refractivity contribution in [2.75, 3.05) is 40.4 Å². The van der Waals surface area contributed by atoms with Crippen LogP contribution in [0.2, 0.25) is 0 Å². The Balaban J connectivity index is 4.00. The van der Waals surface area contributed by atoms with E-state index in [0.717, 1.165) is 26.2 Å². The van der Waals surface area contributed by atoms with E-state index < -0.39 is 0 Å². The van der Waals surface area contributed by atoms with E-state index in [9.17, 15) is 0 Å². The second kappa shape index (κ2) is 6.98. The van der Waals surface area contributed by atoms with E-state index in [-0.39, 0.29) is 5.54 Å². The maximum Gasteiger partial charge on any atom is 0.0589 e. The third-order valence-corrected chi connectivity index (χ3v) is 2.29. The van der Waals surface area contributed by atoms with Crippen molar-refractivity contribution in [3.63, 3.8) is 0 Å². The van der Waals surface area contributed by atoms with Gasteiger partial charge in [0.05, 0.1) is 6.61 Å². The fraction of sp³-hybridized carbons (Fsp3) is 0.818. The quantitative estimate of drug-likeness (QED) is 0.594.